The molecule has 1 rings (SSSR count). The lowest BCUT2D eigenvalue weighted by Crippen LogP contribution is -2.30. The Hall–Kier alpha value is -1.38. The predicted molar refractivity (Wildman–Crippen MR) is 65.6 cm³/mol. The molecule has 1 aromatic carbocycles. The highest BCUT2D eigenvalue weighted by molar-refractivity contribution is 5.70. The van der Waals surface area contributed by atoms with E-state index in [1.54, 1.807) is 7.11 Å². The van der Waals surface area contributed by atoms with E-state index in [0.29, 0.717) is 6.04 Å². The van der Waals surface area contributed by atoms with Crippen LogP contribution in [0.5, 0.6) is 5.75 Å². The van der Waals surface area contributed by atoms with Crippen LogP contribution in [0, 0.1) is 0 Å². The van der Waals surface area contributed by atoms with Crippen LogP contribution in [0.1, 0.15) is 20.8 Å². The Morgan fingerprint density at radius 2 is 2.07 bits per heavy atom. The minimum atomic E-state index is 0.435. The molecule has 0 aliphatic rings. The van der Waals surface area contributed by atoms with Gasteiger partial charge in [-0.05, 0) is 32.9 Å². The molecule has 0 fully saturated rings. The molecule has 0 spiro atoms. The number of hydrogen-bond acceptors (Lipinski definition) is 3. The van der Waals surface area contributed by atoms with E-state index >= 15 is 0 Å². The average Bonchev–Trinajstić information content (AvgIpc) is 2.21. The molecule has 0 aliphatic heterocycles. The Bertz CT molecular complexity index is 323. The topological polar surface area (TPSA) is 38.5 Å². The summed E-state index contributed by atoms with van der Waals surface area (Å²) < 4.78 is 5.20. The second kappa shape index (κ2) is 4.91. The van der Waals surface area contributed by atoms with Gasteiger partial charge in [-0.25, -0.2) is 0 Å². The molecule has 2 N–H and O–H groups in total. The Kier molecular flexibility index (Phi) is 3.83. The zero-order valence-electron chi connectivity index (χ0n) is 9.95. The number of nitrogens with two attached hydrogens (primary N) is 1. The maximum absolute atomic E-state index is 5.96. The molecule has 84 valence electrons. The van der Waals surface area contributed by atoms with Gasteiger partial charge in [0.2, 0.25) is 0 Å². The number of nitrogen functional groups attached to an aromatic ring is 1. The lowest BCUT2D eigenvalue weighted by atomic mass is 10.2. The molecule has 0 saturated heterocycles. The fraction of sp³-hybridized carbons (Fsp3) is 0.500. The van der Waals surface area contributed by atoms with Gasteiger partial charge in [-0.15, -0.1) is 0 Å². The summed E-state index contributed by atoms with van der Waals surface area (Å²) in [7, 11) is 1.67. The summed E-state index contributed by atoms with van der Waals surface area (Å²) in [5, 5.41) is 0. The van der Waals surface area contributed by atoms with Gasteiger partial charge in [-0.2, -0.15) is 0 Å². The molecular weight excluding hydrogens is 188 g/mol. The van der Waals surface area contributed by atoms with Crippen molar-refractivity contribution in [1.29, 1.82) is 0 Å². The van der Waals surface area contributed by atoms with Crippen molar-refractivity contribution < 1.29 is 4.74 Å². The molecular formula is C12H20N2O. The summed E-state index contributed by atoms with van der Waals surface area (Å²) in [4.78, 5) is 2.25. The molecule has 1 aromatic rings. The molecule has 0 amide bonds. The molecule has 15 heavy (non-hydrogen) atoms. The van der Waals surface area contributed by atoms with Crippen LogP contribution in [0.25, 0.3) is 0 Å². The summed E-state index contributed by atoms with van der Waals surface area (Å²) in [6.45, 7) is 7.37. The van der Waals surface area contributed by atoms with Gasteiger partial charge in [-0.3, -0.25) is 0 Å². The summed E-state index contributed by atoms with van der Waals surface area (Å²) in [5.74, 6) is 0.846. The summed E-state index contributed by atoms with van der Waals surface area (Å²) >= 11 is 0. The highest BCUT2D eigenvalue weighted by atomic mass is 16.5. The lowest BCUT2D eigenvalue weighted by molar-refractivity contribution is 0.415. The zero-order chi connectivity index (χ0) is 11.4. The van der Waals surface area contributed by atoms with Crippen molar-refractivity contribution in [1.82, 2.24) is 0 Å². The zero-order valence-corrected chi connectivity index (χ0v) is 9.95. The number of nitrogens with zero attached hydrogens (tertiary/aromatic N) is 1. The molecule has 0 heterocycles. The number of rotatable bonds is 4. The second-order valence-electron chi connectivity index (χ2n) is 3.80. The van der Waals surface area contributed by atoms with Gasteiger partial charge in [0, 0.05) is 18.7 Å². The van der Waals surface area contributed by atoms with E-state index in [0.717, 1.165) is 23.7 Å². The van der Waals surface area contributed by atoms with Crippen molar-refractivity contribution in [2.45, 2.75) is 26.8 Å². The van der Waals surface area contributed by atoms with Crippen LogP contribution in [0.4, 0.5) is 11.4 Å². The first-order valence-electron chi connectivity index (χ1n) is 5.30. The van der Waals surface area contributed by atoms with E-state index in [-0.39, 0.29) is 0 Å². The van der Waals surface area contributed by atoms with Crippen LogP contribution in [0.2, 0.25) is 0 Å². The van der Waals surface area contributed by atoms with Crippen LogP contribution in [-0.2, 0) is 0 Å². The maximum atomic E-state index is 5.96. The first-order chi connectivity index (χ1) is 7.10. The predicted octanol–water partition coefficient (Wildman–Crippen LogP) is 2.51. The van der Waals surface area contributed by atoms with E-state index in [4.69, 9.17) is 10.5 Å². The third-order valence-electron chi connectivity index (χ3n) is 2.51. The van der Waals surface area contributed by atoms with Gasteiger partial charge >= 0.3 is 0 Å². The molecule has 3 heteroatoms. The van der Waals surface area contributed by atoms with Crippen molar-refractivity contribution >= 4 is 11.4 Å². The summed E-state index contributed by atoms with van der Waals surface area (Å²) in [6.07, 6.45) is 0. The Morgan fingerprint density at radius 3 is 2.53 bits per heavy atom. The number of methoxy groups -OCH3 is 1. The molecule has 0 aromatic heterocycles. The van der Waals surface area contributed by atoms with Crippen molar-refractivity contribution in [3.05, 3.63) is 18.2 Å². The molecule has 0 bridgehead atoms. The first kappa shape index (κ1) is 11.7. The Morgan fingerprint density at radius 1 is 1.40 bits per heavy atom. The number of benzene rings is 1. The highest BCUT2D eigenvalue weighted by Crippen LogP contribution is 2.29. The highest BCUT2D eigenvalue weighted by Gasteiger charge is 2.12. The summed E-state index contributed by atoms with van der Waals surface area (Å²) in [6, 6.07) is 6.19. The monoisotopic (exact) mass is 208 g/mol. The van der Waals surface area contributed by atoms with Crippen LogP contribution in [0.15, 0.2) is 18.2 Å². The summed E-state index contributed by atoms with van der Waals surface area (Å²) in [5.41, 5.74) is 7.81. The first-order valence-corrected chi connectivity index (χ1v) is 5.30. The van der Waals surface area contributed by atoms with Crippen molar-refractivity contribution in [3.63, 3.8) is 0 Å². The van der Waals surface area contributed by atoms with Crippen LogP contribution in [0.3, 0.4) is 0 Å². The number of ether oxygens (including phenoxy) is 1. The molecule has 0 saturated carbocycles. The molecule has 3 nitrogen and oxygen atoms in total. The van der Waals surface area contributed by atoms with E-state index < -0.39 is 0 Å². The van der Waals surface area contributed by atoms with E-state index in [1.807, 2.05) is 18.2 Å². The van der Waals surface area contributed by atoms with Gasteiger partial charge in [-0.1, -0.05) is 0 Å². The quantitative estimate of drug-likeness (QED) is 0.773. The minimum Gasteiger partial charge on any atom is -0.497 e. The molecule has 0 aliphatic carbocycles. The Balaban J connectivity index is 3.09. The fourth-order valence-electron chi connectivity index (χ4n) is 1.71. The van der Waals surface area contributed by atoms with Gasteiger partial charge in [0.05, 0.1) is 18.5 Å². The fourth-order valence-corrected chi connectivity index (χ4v) is 1.71. The molecule has 0 atom stereocenters. The SMILES string of the molecule is CCN(c1cc(OC)ccc1N)C(C)C. The largest absolute Gasteiger partial charge is 0.497 e. The third kappa shape index (κ3) is 2.55. The third-order valence-corrected chi connectivity index (χ3v) is 2.51. The van der Waals surface area contributed by atoms with Crippen LogP contribution >= 0.6 is 0 Å². The van der Waals surface area contributed by atoms with E-state index in [1.165, 1.54) is 0 Å². The van der Waals surface area contributed by atoms with Crippen LogP contribution in [-0.4, -0.2) is 19.7 Å². The minimum absolute atomic E-state index is 0.435. The van der Waals surface area contributed by atoms with Gasteiger partial charge in [0.1, 0.15) is 5.75 Å². The van der Waals surface area contributed by atoms with Gasteiger partial charge < -0.3 is 15.4 Å². The van der Waals surface area contributed by atoms with Crippen molar-refractivity contribution in [2.24, 2.45) is 0 Å². The number of hydrogen-bond donors (Lipinski definition) is 1. The smallest absolute Gasteiger partial charge is 0.121 e. The lowest BCUT2D eigenvalue weighted by Gasteiger charge is -2.29. The van der Waals surface area contributed by atoms with Gasteiger partial charge in [0.15, 0.2) is 0 Å². The normalized spacial score (nSPS) is 10.5. The molecule has 0 radical (unpaired) electrons. The Labute approximate surface area is 91.8 Å². The maximum Gasteiger partial charge on any atom is 0.121 e. The second-order valence-corrected chi connectivity index (χ2v) is 3.80. The van der Waals surface area contributed by atoms with Crippen molar-refractivity contribution in [3.8, 4) is 5.75 Å². The molecule has 0 unspecified atom stereocenters. The standard InChI is InChI=1S/C12H20N2O/c1-5-14(9(2)3)12-8-10(15-4)6-7-11(12)13/h6-9H,5,13H2,1-4H3. The van der Waals surface area contributed by atoms with Crippen LogP contribution < -0.4 is 15.4 Å². The van der Waals surface area contributed by atoms with E-state index in [9.17, 15) is 0 Å². The van der Waals surface area contributed by atoms with Gasteiger partial charge in [0.25, 0.3) is 0 Å². The average molecular weight is 208 g/mol. The van der Waals surface area contributed by atoms with E-state index in [2.05, 4.69) is 25.7 Å². The number of anilines is 2. The van der Waals surface area contributed by atoms with Crippen molar-refractivity contribution in [2.75, 3.05) is 24.3 Å².